The summed E-state index contributed by atoms with van der Waals surface area (Å²) in [6.07, 6.45) is 7.03. The molecule has 0 amide bonds. The average Bonchev–Trinajstić information content (AvgIpc) is 3.01. The summed E-state index contributed by atoms with van der Waals surface area (Å²) < 4.78 is 7.98. The number of carbonyl (C=O) groups is 1. The minimum absolute atomic E-state index is 0.00595. The van der Waals surface area contributed by atoms with Gasteiger partial charge in [0.1, 0.15) is 6.10 Å². The Morgan fingerprint density at radius 2 is 2.06 bits per heavy atom. The molecule has 3 aliphatic heterocycles. The molecule has 31 heavy (non-hydrogen) atoms. The summed E-state index contributed by atoms with van der Waals surface area (Å²) in [4.78, 5) is 27.8. The molecule has 6 rings (SSSR count). The monoisotopic (exact) mass is 422 g/mol. The van der Waals surface area contributed by atoms with Crippen molar-refractivity contribution in [1.82, 2.24) is 9.47 Å². The minimum atomic E-state index is -0.00595. The molecule has 1 aromatic rings. The number of rotatable bonds is 2. The molecule has 0 N–H and O–H groups in total. The Bertz CT molecular complexity index is 1010. The number of piperidine rings is 1. The molecule has 0 unspecified atom stereocenters. The molecule has 2 saturated heterocycles. The van der Waals surface area contributed by atoms with Crippen molar-refractivity contribution in [3.63, 3.8) is 0 Å². The maximum Gasteiger partial charge on any atom is 0.310 e. The number of nitrogens with zero attached hydrogens (tertiary/aromatic N) is 2. The van der Waals surface area contributed by atoms with Gasteiger partial charge in [-0.05, 0) is 62.8 Å². The van der Waals surface area contributed by atoms with Crippen LogP contribution in [0.25, 0.3) is 0 Å². The van der Waals surface area contributed by atoms with Gasteiger partial charge in [0.05, 0.1) is 5.92 Å². The third-order valence-electron chi connectivity index (χ3n) is 9.19. The summed E-state index contributed by atoms with van der Waals surface area (Å²) in [6.45, 7) is 8.26. The highest BCUT2D eigenvalue weighted by Crippen LogP contribution is 2.55. The summed E-state index contributed by atoms with van der Waals surface area (Å²) in [5.41, 5.74) is 4.74. The van der Waals surface area contributed by atoms with Crippen LogP contribution in [0.1, 0.15) is 64.0 Å². The highest BCUT2D eigenvalue weighted by Gasteiger charge is 2.53. The molecule has 6 atom stereocenters. The van der Waals surface area contributed by atoms with Gasteiger partial charge in [-0.15, -0.1) is 0 Å². The Morgan fingerprint density at radius 3 is 2.94 bits per heavy atom. The highest BCUT2D eigenvalue weighted by molar-refractivity contribution is 5.76. The number of allylic oxidation sites excluding steroid dienone is 2. The van der Waals surface area contributed by atoms with Crippen molar-refractivity contribution in [2.45, 2.75) is 70.9 Å². The molecule has 0 aromatic carbocycles. The molecule has 2 bridgehead atoms. The predicted octanol–water partition coefficient (Wildman–Crippen LogP) is 3.73. The van der Waals surface area contributed by atoms with Crippen LogP contribution in [0.4, 0.5) is 0 Å². The Hall–Kier alpha value is -1.88. The first-order valence-electron chi connectivity index (χ1n) is 12.2. The Kier molecular flexibility index (Phi) is 4.51. The number of aromatic nitrogens is 1. The van der Waals surface area contributed by atoms with Crippen LogP contribution in [0, 0.1) is 23.2 Å². The molecule has 5 nitrogen and oxygen atoms in total. The molecule has 3 fully saturated rings. The fourth-order valence-corrected chi connectivity index (χ4v) is 7.74. The van der Waals surface area contributed by atoms with Crippen LogP contribution in [0.2, 0.25) is 0 Å². The molecular weight excluding hydrogens is 388 g/mol. The maximum atomic E-state index is 13.0. The fourth-order valence-electron chi connectivity index (χ4n) is 7.74. The SMILES string of the molecule is CC1=C2C[C@@H]3[C@H](CN4C[C@H]5C[C@H](C4)c4cccc(=O)n4C5)C(=O)O[C@@H]3C[C@@]2(C)CCC1. The van der Waals surface area contributed by atoms with E-state index in [9.17, 15) is 9.59 Å². The molecule has 1 saturated carbocycles. The third kappa shape index (κ3) is 3.14. The number of likely N-dealkylation sites (tertiary alicyclic amines) is 1. The van der Waals surface area contributed by atoms with E-state index in [2.05, 4.69) is 24.8 Å². The molecular formula is C26H34N2O3. The van der Waals surface area contributed by atoms with Crippen molar-refractivity contribution < 1.29 is 9.53 Å². The lowest BCUT2D eigenvalue weighted by Gasteiger charge is -2.46. The number of carbonyl (C=O) groups excluding carboxylic acids is 1. The number of ether oxygens (including phenoxy) is 1. The summed E-state index contributed by atoms with van der Waals surface area (Å²) in [7, 11) is 0. The second-order valence-corrected chi connectivity index (χ2v) is 11.2. The second kappa shape index (κ2) is 7.06. The van der Waals surface area contributed by atoms with Gasteiger partial charge in [-0.3, -0.25) is 9.59 Å². The van der Waals surface area contributed by atoms with Gasteiger partial charge in [-0.2, -0.15) is 0 Å². The predicted molar refractivity (Wildman–Crippen MR) is 119 cm³/mol. The Balaban J connectivity index is 1.22. The van der Waals surface area contributed by atoms with Crippen LogP contribution in [0.5, 0.6) is 0 Å². The molecule has 5 heteroatoms. The van der Waals surface area contributed by atoms with Crippen LogP contribution < -0.4 is 5.56 Å². The van der Waals surface area contributed by atoms with E-state index in [0.29, 0.717) is 17.8 Å². The van der Waals surface area contributed by atoms with Gasteiger partial charge in [-0.1, -0.05) is 24.1 Å². The van der Waals surface area contributed by atoms with Crippen molar-refractivity contribution in [3.05, 3.63) is 45.4 Å². The van der Waals surface area contributed by atoms with E-state index in [0.717, 1.165) is 45.4 Å². The standard InChI is InChI=1S/C26H34N2O3/c1-16-5-4-8-26(2)11-23-19(10-21(16)26)20(25(30)31-23)15-27-12-17-9-18(14-27)22-6-3-7-24(29)28(22)13-17/h3,6-7,17-20,23H,4-5,8-15H2,1-2H3/t17-,18-,19-,20+,23-,26-/m1/s1. The van der Waals surface area contributed by atoms with Gasteiger partial charge in [0.25, 0.3) is 5.56 Å². The van der Waals surface area contributed by atoms with E-state index in [1.165, 1.54) is 25.0 Å². The first-order chi connectivity index (χ1) is 14.9. The number of pyridine rings is 1. The summed E-state index contributed by atoms with van der Waals surface area (Å²) >= 11 is 0. The lowest BCUT2D eigenvalue weighted by Crippen LogP contribution is -2.49. The van der Waals surface area contributed by atoms with Gasteiger partial charge in [0.15, 0.2) is 0 Å². The molecule has 0 radical (unpaired) electrons. The number of fused-ring (bicyclic) bond motifs is 6. The first kappa shape index (κ1) is 19.8. The van der Waals surface area contributed by atoms with Crippen LogP contribution >= 0.6 is 0 Å². The minimum Gasteiger partial charge on any atom is -0.462 e. The van der Waals surface area contributed by atoms with E-state index in [1.54, 1.807) is 17.2 Å². The summed E-state index contributed by atoms with van der Waals surface area (Å²) in [5, 5.41) is 0. The van der Waals surface area contributed by atoms with Gasteiger partial charge in [0, 0.05) is 49.8 Å². The lowest BCUT2D eigenvalue weighted by molar-refractivity contribution is -0.145. The topological polar surface area (TPSA) is 51.5 Å². The van der Waals surface area contributed by atoms with E-state index >= 15 is 0 Å². The highest BCUT2D eigenvalue weighted by atomic mass is 16.6. The second-order valence-electron chi connectivity index (χ2n) is 11.2. The van der Waals surface area contributed by atoms with Gasteiger partial charge < -0.3 is 14.2 Å². The number of esters is 1. The van der Waals surface area contributed by atoms with Crippen LogP contribution in [0.15, 0.2) is 34.1 Å². The van der Waals surface area contributed by atoms with E-state index in [-0.39, 0.29) is 29.0 Å². The van der Waals surface area contributed by atoms with Crippen molar-refractivity contribution in [2.24, 2.45) is 23.2 Å². The summed E-state index contributed by atoms with van der Waals surface area (Å²) in [6, 6.07) is 5.69. The van der Waals surface area contributed by atoms with Crippen molar-refractivity contribution in [2.75, 3.05) is 19.6 Å². The zero-order valence-corrected chi connectivity index (χ0v) is 18.8. The van der Waals surface area contributed by atoms with Crippen LogP contribution in [-0.2, 0) is 16.1 Å². The smallest absolute Gasteiger partial charge is 0.310 e. The Morgan fingerprint density at radius 1 is 1.19 bits per heavy atom. The van der Waals surface area contributed by atoms with Crippen molar-refractivity contribution in [1.29, 1.82) is 0 Å². The number of hydrogen-bond acceptors (Lipinski definition) is 4. The molecule has 5 aliphatic rings. The normalized spacial score (nSPS) is 39.5. The molecule has 166 valence electrons. The van der Waals surface area contributed by atoms with Crippen molar-refractivity contribution in [3.8, 4) is 0 Å². The fraction of sp³-hybridized carbons (Fsp3) is 0.692. The summed E-state index contributed by atoms with van der Waals surface area (Å²) in [5.74, 6) is 1.25. The van der Waals surface area contributed by atoms with Gasteiger partial charge in [0.2, 0.25) is 0 Å². The maximum absolute atomic E-state index is 13.0. The van der Waals surface area contributed by atoms with Crippen LogP contribution in [-0.4, -0.2) is 41.2 Å². The quantitative estimate of drug-likeness (QED) is 0.538. The number of hydrogen-bond donors (Lipinski definition) is 0. The third-order valence-corrected chi connectivity index (χ3v) is 9.19. The Labute approximate surface area is 184 Å². The van der Waals surface area contributed by atoms with Gasteiger partial charge >= 0.3 is 5.97 Å². The van der Waals surface area contributed by atoms with E-state index in [4.69, 9.17) is 4.74 Å². The molecule has 0 spiro atoms. The zero-order valence-electron chi connectivity index (χ0n) is 18.8. The molecule has 4 heterocycles. The van der Waals surface area contributed by atoms with E-state index < -0.39 is 0 Å². The lowest BCUT2D eigenvalue weighted by atomic mass is 9.59. The van der Waals surface area contributed by atoms with Gasteiger partial charge in [-0.25, -0.2) is 0 Å². The average molecular weight is 423 g/mol. The first-order valence-corrected chi connectivity index (χ1v) is 12.2. The molecule has 1 aromatic heterocycles. The molecule has 2 aliphatic carbocycles. The largest absolute Gasteiger partial charge is 0.462 e. The van der Waals surface area contributed by atoms with Crippen molar-refractivity contribution >= 4 is 5.97 Å². The van der Waals surface area contributed by atoms with Crippen LogP contribution in [0.3, 0.4) is 0 Å². The zero-order chi connectivity index (χ0) is 21.3. The van der Waals surface area contributed by atoms with E-state index in [1.807, 2.05) is 10.6 Å².